The van der Waals surface area contributed by atoms with Crippen LogP contribution in [0.1, 0.15) is 27.7 Å². The second-order valence-electron chi connectivity index (χ2n) is 4.58. The van der Waals surface area contributed by atoms with E-state index in [1.54, 1.807) is 4.90 Å². The van der Waals surface area contributed by atoms with Crippen molar-refractivity contribution in [3.8, 4) is 6.19 Å². The molecule has 0 atom stereocenters. The van der Waals surface area contributed by atoms with Crippen LogP contribution in [0, 0.1) is 11.5 Å². The largest absolute Gasteiger partial charge is 0.366 e. The van der Waals surface area contributed by atoms with Crippen molar-refractivity contribution >= 4 is 0 Å². The van der Waals surface area contributed by atoms with Crippen molar-refractivity contribution in [3.63, 3.8) is 0 Å². The predicted molar refractivity (Wildman–Crippen MR) is 46.4 cm³/mol. The molecule has 0 aromatic carbocycles. The average Bonchev–Trinajstić information content (AvgIpc) is 1.80. The fourth-order valence-corrected chi connectivity index (χ4v) is 1.86. The molecule has 12 heavy (non-hydrogen) atoms. The maximum atomic E-state index is 8.78. The molecule has 1 rings (SSSR count). The Morgan fingerprint density at radius 1 is 1.17 bits per heavy atom. The molecule has 0 aromatic heterocycles. The number of rotatable bonds is 0. The van der Waals surface area contributed by atoms with Crippen molar-refractivity contribution in [2.75, 3.05) is 13.1 Å². The van der Waals surface area contributed by atoms with Crippen LogP contribution in [-0.4, -0.2) is 29.2 Å². The summed E-state index contributed by atoms with van der Waals surface area (Å²) in [5.41, 5.74) is -0.422. The van der Waals surface area contributed by atoms with E-state index in [-0.39, 0.29) is 11.2 Å². The second kappa shape index (κ2) is 2.63. The molecule has 3 nitrogen and oxygen atoms in total. The van der Waals surface area contributed by atoms with E-state index in [0.29, 0.717) is 13.1 Å². The Bertz CT molecular complexity index is 199. The second-order valence-corrected chi connectivity index (χ2v) is 4.58. The summed E-state index contributed by atoms with van der Waals surface area (Å²) in [4.78, 5) is 1.75. The highest BCUT2D eigenvalue weighted by molar-refractivity contribution is 4.93. The quantitative estimate of drug-likeness (QED) is 0.512. The van der Waals surface area contributed by atoms with E-state index in [0.717, 1.165) is 0 Å². The van der Waals surface area contributed by atoms with Gasteiger partial charge in [-0.3, -0.25) is 0 Å². The minimum atomic E-state index is -0.211. The fourth-order valence-electron chi connectivity index (χ4n) is 1.86. The summed E-state index contributed by atoms with van der Waals surface area (Å²) in [7, 11) is 0. The maximum Gasteiger partial charge on any atom is 0.179 e. The molecule has 1 aliphatic heterocycles. The summed E-state index contributed by atoms with van der Waals surface area (Å²) in [6.07, 6.45) is 2.17. The zero-order chi connectivity index (χ0) is 9.41. The van der Waals surface area contributed by atoms with Crippen LogP contribution in [0.15, 0.2) is 0 Å². The summed E-state index contributed by atoms with van der Waals surface area (Å²) in [6, 6.07) is 0. The molecule has 0 amide bonds. The molecular weight excluding hydrogens is 152 g/mol. The molecule has 0 bridgehead atoms. The van der Waals surface area contributed by atoms with Crippen LogP contribution in [0.25, 0.3) is 0 Å². The Balaban J connectivity index is 2.75. The van der Waals surface area contributed by atoms with Gasteiger partial charge in [0.25, 0.3) is 0 Å². The Labute approximate surface area is 73.9 Å². The van der Waals surface area contributed by atoms with Gasteiger partial charge in [0.1, 0.15) is 0 Å². The van der Waals surface area contributed by atoms with Gasteiger partial charge in [-0.05, 0) is 27.7 Å². The molecule has 68 valence electrons. The molecule has 0 aliphatic carbocycles. The molecule has 0 N–H and O–H groups in total. The summed E-state index contributed by atoms with van der Waals surface area (Å²) in [5.74, 6) is 0. The van der Waals surface area contributed by atoms with E-state index < -0.39 is 0 Å². The Hall–Kier alpha value is -0.750. The third-order valence-electron chi connectivity index (χ3n) is 1.84. The van der Waals surface area contributed by atoms with Crippen molar-refractivity contribution in [2.24, 2.45) is 0 Å². The third-order valence-corrected chi connectivity index (χ3v) is 1.84. The summed E-state index contributed by atoms with van der Waals surface area (Å²) in [6.45, 7) is 9.42. The van der Waals surface area contributed by atoms with Crippen molar-refractivity contribution in [3.05, 3.63) is 0 Å². The van der Waals surface area contributed by atoms with Gasteiger partial charge < -0.3 is 9.64 Å². The Morgan fingerprint density at radius 2 is 1.58 bits per heavy atom. The normalized spacial score (nSPS) is 26.4. The first-order valence-corrected chi connectivity index (χ1v) is 4.20. The molecule has 0 spiro atoms. The minimum Gasteiger partial charge on any atom is -0.366 e. The maximum absolute atomic E-state index is 8.78. The van der Waals surface area contributed by atoms with Crippen LogP contribution in [0.4, 0.5) is 0 Å². The van der Waals surface area contributed by atoms with Gasteiger partial charge in [-0.15, -0.1) is 0 Å². The van der Waals surface area contributed by atoms with E-state index in [2.05, 4.69) is 6.19 Å². The lowest BCUT2D eigenvalue weighted by atomic mass is 10.00. The SMILES string of the molecule is CC1(C)CN(C#N)CC(C)(C)O1. The van der Waals surface area contributed by atoms with Gasteiger partial charge in [-0.2, -0.15) is 5.26 Å². The van der Waals surface area contributed by atoms with Gasteiger partial charge in [0.15, 0.2) is 6.19 Å². The number of nitriles is 1. The average molecular weight is 168 g/mol. The molecule has 1 heterocycles. The van der Waals surface area contributed by atoms with Gasteiger partial charge in [-0.1, -0.05) is 0 Å². The van der Waals surface area contributed by atoms with Crippen LogP contribution < -0.4 is 0 Å². The van der Waals surface area contributed by atoms with Gasteiger partial charge in [0, 0.05) is 0 Å². The van der Waals surface area contributed by atoms with Gasteiger partial charge in [0.05, 0.1) is 24.3 Å². The van der Waals surface area contributed by atoms with Gasteiger partial charge in [-0.25, -0.2) is 0 Å². The first-order valence-electron chi connectivity index (χ1n) is 4.20. The van der Waals surface area contributed by atoms with Crippen LogP contribution in [0.5, 0.6) is 0 Å². The minimum absolute atomic E-state index is 0.211. The molecule has 0 radical (unpaired) electrons. The number of hydrogen-bond acceptors (Lipinski definition) is 3. The Kier molecular flexibility index (Phi) is 2.05. The monoisotopic (exact) mass is 168 g/mol. The number of morpholine rings is 1. The Morgan fingerprint density at radius 3 is 1.92 bits per heavy atom. The van der Waals surface area contributed by atoms with Crippen LogP contribution in [0.3, 0.4) is 0 Å². The highest BCUT2D eigenvalue weighted by Crippen LogP contribution is 2.27. The van der Waals surface area contributed by atoms with E-state index in [4.69, 9.17) is 10.00 Å². The number of ether oxygens (including phenoxy) is 1. The lowest BCUT2D eigenvalue weighted by Crippen LogP contribution is -2.55. The van der Waals surface area contributed by atoms with E-state index in [1.807, 2.05) is 27.7 Å². The van der Waals surface area contributed by atoms with Crippen molar-refractivity contribution in [2.45, 2.75) is 38.9 Å². The molecular formula is C9H16N2O. The van der Waals surface area contributed by atoms with Crippen LogP contribution in [0.2, 0.25) is 0 Å². The predicted octanol–water partition coefficient (Wildman–Crippen LogP) is 1.36. The van der Waals surface area contributed by atoms with E-state index >= 15 is 0 Å². The molecule has 1 saturated heterocycles. The van der Waals surface area contributed by atoms with Crippen LogP contribution >= 0.6 is 0 Å². The molecule has 0 saturated carbocycles. The van der Waals surface area contributed by atoms with Gasteiger partial charge >= 0.3 is 0 Å². The number of nitrogens with zero attached hydrogens (tertiary/aromatic N) is 2. The molecule has 0 unspecified atom stereocenters. The van der Waals surface area contributed by atoms with Gasteiger partial charge in [0.2, 0.25) is 0 Å². The standard InChI is InChI=1S/C9H16N2O/c1-8(2)5-11(7-10)6-9(3,4)12-8/h5-6H2,1-4H3. The molecule has 0 aromatic rings. The third kappa shape index (κ3) is 2.12. The fraction of sp³-hybridized carbons (Fsp3) is 0.889. The number of hydrogen-bond donors (Lipinski definition) is 0. The molecule has 1 fully saturated rings. The van der Waals surface area contributed by atoms with E-state index in [1.165, 1.54) is 0 Å². The van der Waals surface area contributed by atoms with Crippen molar-refractivity contribution in [1.29, 1.82) is 5.26 Å². The van der Waals surface area contributed by atoms with E-state index in [9.17, 15) is 0 Å². The summed E-state index contributed by atoms with van der Waals surface area (Å²) >= 11 is 0. The zero-order valence-corrected chi connectivity index (χ0v) is 8.22. The van der Waals surface area contributed by atoms with Crippen molar-refractivity contribution < 1.29 is 4.74 Å². The first-order chi connectivity index (χ1) is 5.35. The summed E-state index contributed by atoms with van der Waals surface area (Å²) in [5, 5.41) is 8.78. The molecule has 3 heteroatoms. The van der Waals surface area contributed by atoms with Crippen LogP contribution in [-0.2, 0) is 4.74 Å². The summed E-state index contributed by atoms with van der Waals surface area (Å²) < 4.78 is 5.80. The highest BCUT2D eigenvalue weighted by Gasteiger charge is 2.37. The van der Waals surface area contributed by atoms with Crippen molar-refractivity contribution in [1.82, 2.24) is 4.90 Å². The lowest BCUT2D eigenvalue weighted by molar-refractivity contribution is -0.169. The molecule has 1 aliphatic rings. The smallest absolute Gasteiger partial charge is 0.179 e. The zero-order valence-electron chi connectivity index (χ0n) is 8.22. The highest BCUT2D eigenvalue weighted by atomic mass is 16.5. The lowest BCUT2D eigenvalue weighted by Gasteiger charge is -2.45. The topological polar surface area (TPSA) is 36.3 Å². The first kappa shape index (κ1) is 9.34.